The Balaban J connectivity index is 2.80. The average molecular weight is 221 g/mol. The van der Waals surface area contributed by atoms with Gasteiger partial charge in [0.05, 0.1) is 0 Å². The summed E-state index contributed by atoms with van der Waals surface area (Å²) in [6, 6.07) is 5.72. The topological polar surface area (TPSA) is 29.5 Å². The molecule has 0 heterocycles. The monoisotopic (exact) mass is 221 g/mol. The molecule has 1 aromatic carbocycles. The van der Waals surface area contributed by atoms with Crippen molar-refractivity contribution in [2.45, 2.75) is 27.7 Å². The normalized spacial score (nSPS) is 10.0. The Hall–Kier alpha value is -1.51. The largest absolute Gasteiger partial charge is 0.415 e. The third-order valence-corrected chi connectivity index (χ3v) is 2.77. The molecule has 3 heteroatoms. The van der Waals surface area contributed by atoms with Crippen LogP contribution in [-0.4, -0.2) is 24.1 Å². The lowest BCUT2D eigenvalue weighted by Gasteiger charge is -2.18. The SMILES string of the molecule is CCN(CC)C(=O)Oc1cccc(C)c1C. The van der Waals surface area contributed by atoms with E-state index in [1.165, 1.54) is 0 Å². The van der Waals surface area contributed by atoms with Gasteiger partial charge in [-0.05, 0) is 44.9 Å². The molecule has 1 rings (SSSR count). The predicted octanol–water partition coefficient (Wildman–Crippen LogP) is 3.14. The number of rotatable bonds is 3. The van der Waals surface area contributed by atoms with E-state index in [1.54, 1.807) is 4.90 Å². The maximum atomic E-state index is 11.7. The van der Waals surface area contributed by atoms with E-state index >= 15 is 0 Å². The van der Waals surface area contributed by atoms with E-state index in [9.17, 15) is 4.79 Å². The van der Waals surface area contributed by atoms with Crippen molar-refractivity contribution in [2.75, 3.05) is 13.1 Å². The number of aryl methyl sites for hydroxylation is 1. The molecule has 0 N–H and O–H groups in total. The van der Waals surface area contributed by atoms with E-state index in [2.05, 4.69) is 0 Å². The zero-order valence-electron chi connectivity index (χ0n) is 10.4. The molecule has 0 aliphatic heterocycles. The van der Waals surface area contributed by atoms with Crippen LogP contribution in [0.1, 0.15) is 25.0 Å². The van der Waals surface area contributed by atoms with Crippen molar-refractivity contribution in [1.29, 1.82) is 0 Å². The highest BCUT2D eigenvalue weighted by atomic mass is 16.6. The molecule has 0 aliphatic rings. The molecule has 0 radical (unpaired) electrons. The van der Waals surface area contributed by atoms with Crippen LogP contribution >= 0.6 is 0 Å². The summed E-state index contributed by atoms with van der Waals surface area (Å²) in [5.41, 5.74) is 2.15. The highest BCUT2D eigenvalue weighted by Gasteiger charge is 2.13. The molecule has 0 atom stereocenters. The molecule has 0 bridgehead atoms. The first-order chi connectivity index (χ1) is 7.60. The molecule has 0 unspecified atom stereocenters. The summed E-state index contributed by atoms with van der Waals surface area (Å²) in [6.45, 7) is 9.17. The number of hydrogen-bond acceptors (Lipinski definition) is 2. The van der Waals surface area contributed by atoms with E-state index in [-0.39, 0.29) is 6.09 Å². The fraction of sp³-hybridized carbons (Fsp3) is 0.462. The quantitative estimate of drug-likeness (QED) is 0.784. The van der Waals surface area contributed by atoms with E-state index in [4.69, 9.17) is 4.74 Å². The molecule has 16 heavy (non-hydrogen) atoms. The number of hydrogen-bond donors (Lipinski definition) is 0. The first kappa shape index (κ1) is 12.6. The van der Waals surface area contributed by atoms with Crippen LogP contribution in [0.25, 0.3) is 0 Å². The fourth-order valence-corrected chi connectivity index (χ4v) is 1.48. The summed E-state index contributed by atoms with van der Waals surface area (Å²) < 4.78 is 5.36. The van der Waals surface area contributed by atoms with Gasteiger partial charge in [0.25, 0.3) is 0 Å². The van der Waals surface area contributed by atoms with Crippen molar-refractivity contribution in [3.05, 3.63) is 29.3 Å². The lowest BCUT2D eigenvalue weighted by atomic mass is 10.1. The van der Waals surface area contributed by atoms with Crippen LogP contribution in [0.5, 0.6) is 5.75 Å². The van der Waals surface area contributed by atoms with E-state index < -0.39 is 0 Å². The zero-order chi connectivity index (χ0) is 12.1. The van der Waals surface area contributed by atoms with Crippen LogP contribution in [0.2, 0.25) is 0 Å². The van der Waals surface area contributed by atoms with Crippen LogP contribution < -0.4 is 4.74 Å². The minimum absolute atomic E-state index is 0.279. The number of benzene rings is 1. The highest BCUT2D eigenvalue weighted by molar-refractivity contribution is 5.71. The number of carbonyl (C=O) groups excluding carboxylic acids is 1. The number of carbonyl (C=O) groups is 1. The minimum Gasteiger partial charge on any atom is -0.410 e. The smallest absolute Gasteiger partial charge is 0.410 e. The summed E-state index contributed by atoms with van der Waals surface area (Å²) >= 11 is 0. The fourth-order valence-electron chi connectivity index (χ4n) is 1.48. The van der Waals surface area contributed by atoms with Crippen LogP contribution in [0, 0.1) is 13.8 Å². The van der Waals surface area contributed by atoms with Gasteiger partial charge in [0.15, 0.2) is 0 Å². The minimum atomic E-state index is -0.279. The van der Waals surface area contributed by atoms with Gasteiger partial charge in [-0.15, -0.1) is 0 Å². The van der Waals surface area contributed by atoms with Gasteiger partial charge >= 0.3 is 6.09 Å². The third kappa shape index (κ3) is 2.75. The van der Waals surface area contributed by atoms with Gasteiger partial charge in [-0.2, -0.15) is 0 Å². The lowest BCUT2D eigenvalue weighted by Crippen LogP contribution is -2.33. The van der Waals surface area contributed by atoms with Crippen molar-refractivity contribution in [3.63, 3.8) is 0 Å². The van der Waals surface area contributed by atoms with Crippen molar-refractivity contribution < 1.29 is 9.53 Å². The lowest BCUT2D eigenvalue weighted by molar-refractivity contribution is 0.157. The molecule has 0 saturated carbocycles. The third-order valence-electron chi connectivity index (χ3n) is 2.77. The maximum absolute atomic E-state index is 11.7. The Morgan fingerprint density at radius 3 is 2.44 bits per heavy atom. The molecule has 0 spiro atoms. The van der Waals surface area contributed by atoms with E-state index in [0.29, 0.717) is 18.8 Å². The van der Waals surface area contributed by atoms with Crippen molar-refractivity contribution >= 4 is 6.09 Å². The first-order valence-corrected chi connectivity index (χ1v) is 5.63. The number of nitrogens with zero attached hydrogens (tertiary/aromatic N) is 1. The van der Waals surface area contributed by atoms with Gasteiger partial charge in [0.2, 0.25) is 0 Å². The molecule has 1 amide bonds. The summed E-state index contributed by atoms with van der Waals surface area (Å²) in [6.07, 6.45) is -0.279. The van der Waals surface area contributed by atoms with Crippen molar-refractivity contribution in [2.24, 2.45) is 0 Å². The zero-order valence-corrected chi connectivity index (χ0v) is 10.4. The summed E-state index contributed by atoms with van der Waals surface area (Å²) in [5, 5.41) is 0. The second-order valence-corrected chi connectivity index (χ2v) is 3.74. The summed E-state index contributed by atoms with van der Waals surface area (Å²) in [4.78, 5) is 13.4. The second-order valence-electron chi connectivity index (χ2n) is 3.74. The highest BCUT2D eigenvalue weighted by Crippen LogP contribution is 2.21. The van der Waals surface area contributed by atoms with Gasteiger partial charge < -0.3 is 9.64 Å². The first-order valence-electron chi connectivity index (χ1n) is 5.63. The summed E-state index contributed by atoms with van der Waals surface area (Å²) in [5.74, 6) is 0.650. The van der Waals surface area contributed by atoms with Crippen molar-refractivity contribution in [3.8, 4) is 5.75 Å². The Morgan fingerprint density at radius 2 is 1.88 bits per heavy atom. The molecule has 0 fully saturated rings. The van der Waals surface area contributed by atoms with Crippen LogP contribution in [0.4, 0.5) is 4.79 Å². The average Bonchev–Trinajstić information content (AvgIpc) is 2.26. The Kier molecular flexibility index (Phi) is 4.35. The molecule has 88 valence electrons. The molecule has 3 nitrogen and oxygen atoms in total. The molecular weight excluding hydrogens is 202 g/mol. The van der Waals surface area contributed by atoms with Gasteiger partial charge in [-0.25, -0.2) is 4.79 Å². The van der Waals surface area contributed by atoms with Gasteiger partial charge in [0.1, 0.15) is 5.75 Å². The van der Waals surface area contributed by atoms with Crippen LogP contribution in [-0.2, 0) is 0 Å². The molecule has 1 aromatic rings. The van der Waals surface area contributed by atoms with Gasteiger partial charge in [0, 0.05) is 13.1 Å². The Morgan fingerprint density at radius 1 is 1.25 bits per heavy atom. The number of ether oxygens (including phenoxy) is 1. The molecular formula is C13H19NO2. The standard InChI is InChI=1S/C13H19NO2/c1-5-14(6-2)13(15)16-12-9-7-8-10(3)11(12)4/h7-9H,5-6H2,1-4H3. The van der Waals surface area contributed by atoms with Crippen LogP contribution in [0.3, 0.4) is 0 Å². The maximum Gasteiger partial charge on any atom is 0.415 e. The molecule has 0 saturated heterocycles. The van der Waals surface area contributed by atoms with Gasteiger partial charge in [-0.3, -0.25) is 0 Å². The van der Waals surface area contributed by atoms with Crippen molar-refractivity contribution in [1.82, 2.24) is 4.90 Å². The molecule has 0 aliphatic carbocycles. The van der Waals surface area contributed by atoms with Gasteiger partial charge in [-0.1, -0.05) is 12.1 Å². The second kappa shape index (κ2) is 5.54. The van der Waals surface area contributed by atoms with E-state index in [1.807, 2.05) is 45.9 Å². The van der Waals surface area contributed by atoms with Crippen LogP contribution in [0.15, 0.2) is 18.2 Å². The molecule has 0 aromatic heterocycles. The predicted molar refractivity (Wildman–Crippen MR) is 64.9 cm³/mol. The number of amides is 1. The van der Waals surface area contributed by atoms with E-state index in [0.717, 1.165) is 11.1 Å². The Bertz CT molecular complexity index is 370. The Labute approximate surface area is 97.0 Å². The summed E-state index contributed by atoms with van der Waals surface area (Å²) in [7, 11) is 0.